The molecule has 5 rings (SSSR count). The Hall–Kier alpha value is -4.00. The maximum absolute atomic E-state index is 13.6. The molecule has 0 saturated carbocycles. The van der Waals surface area contributed by atoms with Crippen LogP contribution < -0.4 is 10.9 Å². The van der Waals surface area contributed by atoms with E-state index in [-0.39, 0.29) is 11.6 Å². The molecule has 5 aromatic rings. The lowest BCUT2D eigenvalue weighted by Gasteiger charge is -2.22. The lowest BCUT2D eigenvalue weighted by molar-refractivity contribution is 0.774. The molecule has 31 heavy (non-hydrogen) atoms. The molecule has 0 aliphatic heterocycles. The molecule has 0 saturated heterocycles. The zero-order valence-corrected chi connectivity index (χ0v) is 17.5. The number of para-hydroxylation sites is 1. The zero-order chi connectivity index (χ0) is 21.5. The number of hydrogen-bond donors (Lipinski definition) is 2. The van der Waals surface area contributed by atoms with E-state index in [1.807, 2.05) is 69.3 Å². The Kier molecular flexibility index (Phi) is 4.51. The maximum atomic E-state index is 13.6. The topological polar surface area (TPSA) is 88.5 Å². The molecule has 0 bridgehead atoms. The first kappa shape index (κ1) is 19.0. The number of rotatable bonds is 4. The van der Waals surface area contributed by atoms with Crippen molar-refractivity contribution in [1.29, 1.82) is 0 Å². The summed E-state index contributed by atoms with van der Waals surface area (Å²) in [6.07, 6.45) is 1.49. The van der Waals surface area contributed by atoms with Crippen LogP contribution in [0, 0.1) is 13.8 Å². The Labute approximate surface area is 178 Å². The lowest BCUT2D eigenvalue weighted by atomic mass is 10.0. The van der Waals surface area contributed by atoms with Crippen LogP contribution in [-0.2, 0) is 0 Å². The van der Waals surface area contributed by atoms with E-state index in [0.29, 0.717) is 11.5 Å². The molecule has 2 N–H and O–H groups in total. The van der Waals surface area contributed by atoms with Crippen LogP contribution in [0.5, 0.6) is 0 Å². The van der Waals surface area contributed by atoms with Gasteiger partial charge in [0, 0.05) is 11.4 Å². The number of H-pyrrole nitrogens is 1. The number of nitrogens with one attached hydrogen (secondary N) is 2. The lowest BCUT2D eigenvalue weighted by Crippen LogP contribution is -2.26. The number of fused-ring (bicyclic) bond motifs is 2. The van der Waals surface area contributed by atoms with Crippen molar-refractivity contribution in [2.75, 3.05) is 5.32 Å². The Bertz CT molecular complexity index is 1470. The molecule has 1 atom stereocenters. The first-order chi connectivity index (χ1) is 15.0. The number of aryl methyl sites for hydroxylation is 2. The third kappa shape index (κ3) is 3.24. The SMILES string of the molecule is Cc1nc2ncnc(NC(C)c3cc4cccc(C)c4c(=O)n3-c3ccccc3)c2[nH]1. The Balaban J connectivity index is 1.70. The van der Waals surface area contributed by atoms with Crippen LogP contribution in [0.4, 0.5) is 5.82 Å². The van der Waals surface area contributed by atoms with Crippen LogP contribution in [0.25, 0.3) is 27.6 Å². The van der Waals surface area contributed by atoms with Gasteiger partial charge < -0.3 is 10.3 Å². The number of benzene rings is 2. The van der Waals surface area contributed by atoms with Crippen LogP contribution >= 0.6 is 0 Å². The summed E-state index contributed by atoms with van der Waals surface area (Å²) in [4.78, 5) is 29.9. The van der Waals surface area contributed by atoms with Crippen molar-refractivity contribution in [2.45, 2.75) is 26.8 Å². The van der Waals surface area contributed by atoms with Crippen LogP contribution in [0.3, 0.4) is 0 Å². The zero-order valence-electron chi connectivity index (χ0n) is 17.5. The van der Waals surface area contributed by atoms with Gasteiger partial charge in [0.1, 0.15) is 17.7 Å². The minimum atomic E-state index is -0.209. The van der Waals surface area contributed by atoms with Crippen LogP contribution in [0.15, 0.2) is 65.7 Å². The number of aromatic nitrogens is 5. The molecule has 7 heteroatoms. The third-order valence-electron chi connectivity index (χ3n) is 5.50. The van der Waals surface area contributed by atoms with E-state index in [1.54, 1.807) is 4.57 Å². The van der Waals surface area contributed by atoms with E-state index in [4.69, 9.17) is 0 Å². The van der Waals surface area contributed by atoms with Gasteiger partial charge in [-0.25, -0.2) is 15.0 Å². The van der Waals surface area contributed by atoms with Gasteiger partial charge in [0.25, 0.3) is 5.56 Å². The van der Waals surface area contributed by atoms with Crippen molar-refractivity contribution < 1.29 is 0 Å². The van der Waals surface area contributed by atoms with E-state index < -0.39 is 0 Å². The molecule has 0 aliphatic carbocycles. The van der Waals surface area contributed by atoms with Crippen molar-refractivity contribution >= 4 is 27.8 Å². The highest BCUT2D eigenvalue weighted by molar-refractivity contribution is 5.86. The van der Waals surface area contributed by atoms with Gasteiger partial charge in [-0.15, -0.1) is 0 Å². The highest BCUT2D eigenvalue weighted by atomic mass is 16.1. The van der Waals surface area contributed by atoms with Crippen LogP contribution in [-0.4, -0.2) is 24.5 Å². The molecule has 1 unspecified atom stereocenters. The van der Waals surface area contributed by atoms with E-state index in [9.17, 15) is 4.79 Å². The molecule has 3 aromatic heterocycles. The number of imidazole rings is 1. The molecule has 0 fully saturated rings. The van der Waals surface area contributed by atoms with Gasteiger partial charge in [-0.1, -0.05) is 36.4 Å². The largest absolute Gasteiger partial charge is 0.360 e. The second-order valence-corrected chi connectivity index (χ2v) is 7.69. The summed E-state index contributed by atoms with van der Waals surface area (Å²) in [6, 6.07) is 17.5. The fraction of sp³-hybridized carbons (Fsp3) is 0.167. The first-order valence-corrected chi connectivity index (χ1v) is 10.2. The number of anilines is 1. The van der Waals surface area contributed by atoms with Gasteiger partial charge in [-0.05, 0) is 49.9 Å². The molecule has 0 aliphatic rings. The standard InChI is InChI=1S/C24H22N6O/c1-14-8-7-9-17-12-19(30(24(31)20(14)17)18-10-5-4-6-11-18)15(2)27-22-21-23(26-13-25-22)29-16(3)28-21/h4-13,15H,1-3H3,(H2,25,26,27,28,29). The second kappa shape index (κ2) is 7.36. The number of aromatic amines is 1. The monoisotopic (exact) mass is 410 g/mol. The summed E-state index contributed by atoms with van der Waals surface area (Å²) in [5.74, 6) is 1.42. The fourth-order valence-corrected chi connectivity index (χ4v) is 4.05. The van der Waals surface area contributed by atoms with Crippen molar-refractivity contribution in [3.8, 4) is 5.69 Å². The normalized spacial score (nSPS) is 12.4. The molecule has 0 spiro atoms. The van der Waals surface area contributed by atoms with Gasteiger partial charge in [0.2, 0.25) is 0 Å². The number of hydrogen-bond acceptors (Lipinski definition) is 5. The summed E-state index contributed by atoms with van der Waals surface area (Å²) >= 11 is 0. The molecular weight excluding hydrogens is 388 g/mol. The second-order valence-electron chi connectivity index (χ2n) is 7.69. The highest BCUT2D eigenvalue weighted by Crippen LogP contribution is 2.26. The molecule has 154 valence electrons. The van der Waals surface area contributed by atoms with Gasteiger partial charge in [-0.3, -0.25) is 9.36 Å². The summed E-state index contributed by atoms with van der Waals surface area (Å²) in [6.45, 7) is 5.87. The third-order valence-corrected chi connectivity index (χ3v) is 5.50. The average molecular weight is 410 g/mol. The van der Waals surface area contributed by atoms with E-state index >= 15 is 0 Å². The Morgan fingerprint density at radius 1 is 1.03 bits per heavy atom. The van der Waals surface area contributed by atoms with Crippen LogP contribution in [0.2, 0.25) is 0 Å². The molecular formula is C24H22N6O. The first-order valence-electron chi connectivity index (χ1n) is 10.2. The molecule has 0 amide bonds. The molecule has 3 heterocycles. The van der Waals surface area contributed by atoms with Gasteiger partial charge in [-0.2, -0.15) is 0 Å². The minimum absolute atomic E-state index is 0.0318. The molecule has 7 nitrogen and oxygen atoms in total. The highest BCUT2D eigenvalue weighted by Gasteiger charge is 2.19. The smallest absolute Gasteiger partial charge is 0.263 e. The quantitative estimate of drug-likeness (QED) is 0.457. The Morgan fingerprint density at radius 2 is 1.84 bits per heavy atom. The van der Waals surface area contributed by atoms with Crippen molar-refractivity contribution in [3.63, 3.8) is 0 Å². The van der Waals surface area contributed by atoms with Crippen molar-refractivity contribution in [2.24, 2.45) is 0 Å². The van der Waals surface area contributed by atoms with Gasteiger partial charge in [0.05, 0.1) is 11.4 Å². The van der Waals surface area contributed by atoms with E-state index in [0.717, 1.165) is 39.1 Å². The fourth-order valence-electron chi connectivity index (χ4n) is 4.05. The van der Waals surface area contributed by atoms with Crippen LogP contribution in [0.1, 0.15) is 30.0 Å². The van der Waals surface area contributed by atoms with Crippen molar-refractivity contribution in [1.82, 2.24) is 24.5 Å². The minimum Gasteiger partial charge on any atom is -0.360 e. The Morgan fingerprint density at radius 3 is 2.65 bits per heavy atom. The van der Waals surface area contributed by atoms with E-state index in [1.165, 1.54) is 6.33 Å². The summed E-state index contributed by atoms with van der Waals surface area (Å²) in [5, 5.41) is 5.10. The van der Waals surface area contributed by atoms with E-state index in [2.05, 4.69) is 31.3 Å². The predicted molar refractivity (Wildman–Crippen MR) is 123 cm³/mol. The van der Waals surface area contributed by atoms with Gasteiger partial charge in [0.15, 0.2) is 11.5 Å². The number of nitrogens with zero attached hydrogens (tertiary/aromatic N) is 4. The maximum Gasteiger partial charge on any atom is 0.263 e. The predicted octanol–water partition coefficient (Wildman–Crippen LogP) is 4.45. The summed E-state index contributed by atoms with van der Waals surface area (Å²) in [7, 11) is 0. The molecule has 2 aromatic carbocycles. The molecule has 0 radical (unpaired) electrons. The summed E-state index contributed by atoms with van der Waals surface area (Å²) < 4.78 is 1.78. The van der Waals surface area contributed by atoms with Gasteiger partial charge >= 0.3 is 0 Å². The average Bonchev–Trinajstić information content (AvgIpc) is 3.15. The van der Waals surface area contributed by atoms with Crippen molar-refractivity contribution in [3.05, 3.63) is 88.4 Å². The summed E-state index contributed by atoms with van der Waals surface area (Å²) in [5.41, 5.74) is 3.96. The number of pyridine rings is 1.